The third kappa shape index (κ3) is 4.46. The Morgan fingerprint density at radius 1 is 1.13 bits per heavy atom. The number of nitrogens with zero attached hydrogens (tertiary/aromatic N) is 6. The van der Waals surface area contributed by atoms with Crippen LogP contribution in [-0.4, -0.2) is 46.2 Å². The molecular weight excluding hydrogens is 493 g/mol. The molecule has 10 heteroatoms. The molecule has 0 radical (unpaired) electrons. The number of fused-ring (bicyclic) bond motifs is 2. The van der Waals surface area contributed by atoms with Crippen molar-refractivity contribution in [2.24, 2.45) is 5.92 Å². The van der Waals surface area contributed by atoms with Crippen LogP contribution in [0.4, 0.5) is 4.39 Å². The van der Waals surface area contributed by atoms with Crippen molar-refractivity contribution in [3.63, 3.8) is 0 Å². The lowest BCUT2D eigenvalue weighted by molar-refractivity contribution is 0.489. The highest BCUT2D eigenvalue weighted by Crippen LogP contribution is 2.33. The second-order valence-corrected chi connectivity index (χ2v) is 10.3. The molecule has 0 unspecified atom stereocenters. The Morgan fingerprint density at radius 3 is 2.87 bits per heavy atom. The lowest BCUT2D eigenvalue weighted by atomic mass is 10.0. The molecule has 39 heavy (non-hydrogen) atoms. The molecule has 5 aromatic heterocycles. The number of aromatic nitrogens is 8. The maximum Gasteiger partial charge on any atom is 0.180 e. The maximum absolute atomic E-state index is 15.3. The zero-order valence-corrected chi connectivity index (χ0v) is 21.6. The Balaban J connectivity index is 1.23. The van der Waals surface area contributed by atoms with Crippen LogP contribution in [-0.2, 0) is 6.54 Å². The molecule has 0 amide bonds. The van der Waals surface area contributed by atoms with Crippen LogP contribution in [0.3, 0.4) is 0 Å². The minimum Gasteiger partial charge on any atom is -0.333 e. The zero-order chi connectivity index (χ0) is 26.3. The van der Waals surface area contributed by atoms with Gasteiger partial charge in [-0.25, -0.2) is 19.3 Å². The smallest absolute Gasteiger partial charge is 0.180 e. The second-order valence-electron chi connectivity index (χ2n) is 10.3. The van der Waals surface area contributed by atoms with Gasteiger partial charge >= 0.3 is 0 Å². The summed E-state index contributed by atoms with van der Waals surface area (Å²) in [7, 11) is 0. The van der Waals surface area contributed by atoms with E-state index in [1.807, 2.05) is 42.1 Å². The van der Waals surface area contributed by atoms with Crippen LogP contribution >= 0.6 is 0 Å². The number of imidazole rings is 2. The van der Waals surface area contributed by atoms with E-state index < -0.39 is 0 Å². The molecule has 0 bridgehead atoms. The van der Waals surface area contributed by atoms with Crippen LogP contribution in [0.1, 0.15) is 36.9 Å². The predicted octanol–water partition coefficient (Wildman–Crippen LogP) is 5.48. The van der Waals surface area contributed by atoms with Gasteiger partial charge in [0, 0.05) is 53.9 Å². The van der Waals surface area contributed by atoms with Crippen molar-refractivity contribution < 1.29 is 4.39 Å². The first-order valence-corrected chi connectivity index (χ1v) is 13.3. The fourth-order valence-corrected chi connectivity index (χ4v) is 5.58. The van der Waals surface area contributed by atoms with Gasteiger partial charge in [0.25, 0.3) is 0 Å². The molecule has 7 rings (SSSR count). The molecular formula is C29H28FN9. The van der Waals surface area contributed by atoms with E-state index in [1.54, 1.807) is 18.7 Å². The Labute approximate surface area is 223 Å². The lowest BCUT2D eigenvalue weighted by Crippen LogP contribution is -2.20. The number of hydrogen-bond donors (Lipinski definition) is 3. The predicted molar refractivity (Wildman–Crippen MR) is 148 cm³/mol. The maximum atomic E-state index is 15.3. The topological polar surface area (TPSA) is 113 Å². The van der Waals surface area contributed by atoms with Gasteiger partial charge in [-0.1, -0.05) is 12.8 Å². The fraction of sp³-hybridized carbons (Fsp3) is 0.276. The van der Waals surface area contributed by atoms with E-state index in [0.717, 1.165) is 45.9 Å². The first kappa shape index (κ1) is 23.7. The van der Waals surface area contributed by atoms with Crippen LogP contribution in [0.15, 0.2) is 55.4 Å². The van der Waals surface area contributed by atoms with E-state index in [9.17, 15) is 0 Å². The fourth-order valence-electron chi connectivity index (χ4n) is 5.58. The zero-order valence-electron chi connectivity index (χ0n) is 21.6. The number of aromatic amines is 2. The number of pyridine rings is 2. The van der Waals surface area contributed by atoms with Crippen LogP contribution in [0.25, 0.3) is 50.4 Å². The molecule has 1 aromatic carbocycles. The number of halogens is 1. The summed E-state index contributed by atoms with van der Waals surface area (Å²) in [4.78, 5) is 21.3. The largest absolute Gasteiger partial charge is 0.333 e. The summed E-state index contributed by atoms with van der Waals surface area (Å²) in [6, 6.07) is 7.21. The molecule has 1 aliphatic carbocycles. The molecule has 0 spiro atoms. The second kappa shape index (κ2) is 9.70. The van der Waals surface area contributed by atoms with Gasteiger partial charge in [-0.3, -0.25) is 10.1 Å². The third-order valence-electron chi connectivity index (χ3n) is 7.58. The molecule has 6 aromatic rings. The number of aryl methyl sites for hydroxylation is 1. The summed E-state index contributed by atoms with van der Waals surface area (Å²) >= 11 is 0. The number of nitrogens with one attached hydrogen (secondary N) is 3. The molecule has 0 aliphatic heterocycles. The Hall–Kier alpha value is -4.44. The van der Waals surface area contributed by atoms with Crippen LogP contribution in [0.2, 0.25) is 0 Å². The van der Waals surface area contributed by atoms with Crippen molar-refractivity contribution in [2.75, 3.05) is 6.54 Å². The van der Waals surface area contributed by atoms with Gasteiger partial charge in [-0.15, -0.1) is 0 Å². The molecule has 0 saturated heterocycles. The molecule has 3 N–H and O–H groups in total. The molecule has 1 aliphatic rings. The van der Waals surface area contributed by atoms with Crippen molar-refractivity contribution >= 4 is 22.1 Å². The average molecular weight is 522 g/mol. The molecule has 9 nitrogen and oxygen atoms in total. The van der Waals surface area contributed by atoms with E-state index in [2.05, 4.69) is 35.5 Å². The summed E-state index contributed by atoms with van der Waals surface area (Å²) in [6.45, 7) is 3.67. The van der Waals surface area contributed by atoms with Crippen LogP contribution < -0.4 is 5.32 Å². The Bertz CT molecular complexity index is 1790. The molecule has 1 saturated carbocycles. The van der Waals surface area contributed by atoms with Crippen molar-refractivity contribution in [1.29, 1.82) is 0 Å². The first-order valence-electron chi connectivity index (χ1n) is 13.3. The highest BCUT2D eigenvalue weighted by atomic mass is 19.1. The van der Waals surface area contributed by atoms with E-state index >= 15 is 4.39 Å². The molecule has 1 fully saturated rings. The van der Waals surface area contributed by atoms with Crippen molar-refractivity contribution in [3.05, 3.63) is 72.5 Å². The number of benzene rings is 1. The van der Waals surface area contributed by atoms with Gasteiger partial charge in [0.15, 0.2) is 11.5 Å². The number of hydrogen-bond acceptors (Lipinski definition) is 6. The molecule has 0 atom stereocenters. The third-order valence-corrected chi connectivity index (χ3v) is 7.58. The minimum absolute atomic E-state index is 0.334. The quantitative estimate of drug-likeness (QED) is 0.257. The monoisotopic (exact) mass is 521 g/mol. The summed E-state index contributed by atoms with van der Waals surface area (Å²) in [5.74, 6) is 0.974. The van der Waals surface area contributed by atoms with Crippen LogP contribution in [0, 0.1) is 18.7 Å². The van der Waals surface area contributed by atoms with Gasteiger partial charge in [0.1, 0.15) is 17.0 Å². The van der Waals surface area contributed by atoms with Crippen molar-refractivity contribution in [3.8, 4) is 28.3 Å². The SMILES string of the molecule is Cc1cn(-c2ccnc3nc(-c4n[nH]c5cc(F)c(-c6cncc(CNCC7CCCC7)c6)cc45)[nH]c23)cn1. The van der Waals surface area contributed by atoms with Gasteiger partial charge in [-0.05, 0) is 56.0 Å². The normalized spacial score (nSPS) is 14.2. The van der Waals surface area contributed by atoms with Gasteiger partial charge < -0.3 is 14.9 Å². The summed E-state index contributed by atoms with van der Waals surface area (Å²) in [5.41, 5.74) is 6.55. The summed E-state index contributed by atoms with van der Waals surface area (Å²) in [5, 5.41) is 11.7. The van der Waals surface area contributed by atoms with Gasteiger partial charge in [-0.2, -0.15) is 5.10 Å². The molecule has 5 heterocycles. The van der Waals surface area contributed by atoms with E-state index in [1.165, 1.54) is 31.7 Å². The average Bonchev–Trinajstić information content (AvgIpc) is 3.74. The summed E-state index contributed by atoms with van der Waals surface area (Å²) in [6.07, 6.45) is 14.2. The first-order chi connectivity index (χ1) is 19.1. The van der Waals surface area contributed by atoms with Gasteiger partial charge in [0.05, 0.1) is 23.2 Å². The van der Waals surface area contributed by atoms with Crippen molar-refractivity contribution in [1.82, 2.24) is 45.0 Å². The Morgan fingerprint density at radius 2 is 2.03 bits per heavy atom. The lowest BCUT2D eigenvalue weighted by Gasteiger charge is -2.11. The standard InChI is InChI=1S/C29H28FN9/c1-17-15-39(16-34-17)25-6-7-33-28-27(25)35-29(36-28)26-22-9-21(23(30)10-24(22)37-38-26)20-8-19(13-32-14-20)12-31-11-18-4-2-3-5-18/h6-10,13-16,18,31H,2-5,11-12H2,1H3,(H,37,38)(H,33,35,36). The highest BCUT2D eigenvalue weighted by molar-refractivity contribution is 5.96. The summed E-state index contributed by atoms with van der Waals surface area (Å²) < 4.78 is 17.2. The molecule has 196 valence electrons. The number of H-pyrrole nitrogens is 2. The van der Waals surface area contributed by atoms with Gasteiger partial charge in [0.2, 0.25) is 0 Å². The highest BCUT2D eigenvalue weighted by Gasteiger charge is 2.19. The van der Waals surface area contributed by atoms with E-state index in [-0.39, 0.29) is 5.82 Å². The van der Waals surface area contributed by atoms with E-state index in [0.29, 0.717) is 34.8 Å². The van der Waals surface area contributed by atoms with Crippen molar-refractivity contribution in [2.45, 2.75) is 39.2 Å². The Kier molecular flexibility index (Phi) is 5.89. The number of rotatable bonds is 7. The van der Waals surface area contributed by atoms with Crippen LogP contribution in [0.5, 0.6) is 0 Å². The minimum atomic E-state index is -0.334. The van der Waals surface area contributed by atoms with E-state index in [4.69, 9.17) is 4.98 Å².